The molecule has 0 unspecified atom stereocenters. The molecule has 20 heavy (non-hydrogen) atoms. The van der Waals surface area contributed by atoms with Crippen LogP contribution in [0.4, 0.5) is 0 Å². The zero-order chi connectivity index (χ0) is 14.6. The minimum Gasteiger partial charge on any atom is -0.281 e. The second-order valence-electron chi connectivity index (χ2n) is 5.40. The van der Waals surface area contributed by atoms with Crippen molar-refractivity contribution in [2.75, 3.05) is 0 Å². The van der Waals surface area contributed by atoms with Crippen molar-refractivity contribution in [1.82, 2.24) is 20.6 Å². The van der Waals surface area contributed by atoms with Gasteiger partial charge in [-0.1, -0.05) is 26.8 Å². The summed E-state index contributed by atoms with van der Waals surface area (Å²) >= 11 is 0. The average Bonchev–Trinajstić information content (AvgIpc) is 2.89. The van der Waals surface area contributed by atoms with Crippen molar-refractivity contribution in [3.05, 3.63) is 47.5 Å². The Labute approximate surface area is 117 Å². The van der Waals surface area contributed by atoms with E-state index in [-0.39, 0.29) is 11.3 Å². The number of nitrogens with zero attached hydrogens (tertiary/aromatic N) is 3. The van der Waals surface area contributed by atoms with Crippen LogP contribution in [0.5, 0.6) is 0 Å². The van der Waals surface area contributed by atoms with Crippen molar-refractivity contribution >= 4 is 12.1 Å². The Kier molecular flexibility index (Phi) is 3.93. The molecule has 1 amide bonds. The first-order valence-corrected chi connectivity index (χ1v) is 6.26. The van der Waals surface area contributed by atoms with Crippen molar-refractivity contribution in [1.29, 1.82) is 0 Å². The number of rotatable bonds is 3. The first kappa shape index (κ1) is 13.9. The molecule has 0 atom stereocenters. The van der Waals surface area contributed by atoms with E-state index in [1.54, 1.807) is 24.5 Å². The predicted molar refractivity (Wildman–Crippen MR) is 76.6 cm³/mol. The number of pyridine rings is 1. The molecular weight excluding hydrogens is 254 g/mol. The van der Waals surface area contributed by atoms with Crippen molar-refractivity contribution < 1.29 is 4.79 Å². The summed E-state index contributed by atoms with van der Waals surface area (Å²) in [6, 6.07) is 5.37. The standard InChI is InChI=1S/C14H17N5O/c1-14(2,3)12-7-11(17-18-12)13(20)19-16-9-10-5-4-6-15-8-10/h4-9H,1-3H3,(H,17,18)(H,19,20)/b16-9-. The first-order chi connectivity index (χ1) is 9.47. The van der Waals surface area contributed by atoms with Gasteiger partial charge in [0.15, 0.2) is 5.69 Å². The highest BCUT2D eigenvalue weighted by Gasteiger charge is 2.18. The molecule has 0 spiro atoms. The molecule has 2 aromatic heterocycles. The number of nitrogens with one attached hydrogen (secondary N) is 2. The summed E-state index contributed by atoms with van der Waals surface area (Å²) in [7, 11) is 0. The lowest BCUT2D eigenvalue weighted by Gasteiger charge is -2.14. The summed E-state index contributed by atoms with van der Waals surface area (Å²) in [6.45, 7) is 6.13. The molecule has 0 aromatic carbocycles. The van der Waals surface area contributed by atoms with Crippen LogP contribution < -0.4 is 5.43 Å². The van der Waals surface area contributed by atoms with E-state index in [0.29, 0.717) is 5.69 Å². The third-order valence-electron chi connectivity index (χ3n) is 2.68. The summed E-state index contributed by atoms with van der Waals surface area (Å²) in [5.41, 5.74) is 4.38. The largest absolute Gasteiger partial charge is 0.291 e. The summed E-state index contributed by atoms with van der Waals surface area (Å²) < 4.78 is 0. The van der Waals surface area contributed by atoms with E-state index in [9.17, 15) is 4.79 Å². The van der Waals surface area contributed by atoms with E-state index >= 15 is 0 Å². The lowest BCUT2D eigenvalue weighted by Crippen LogP contribution is -2.18. The average molecular weight is 271 g/mol. The van der Waals surface area contributed by atoms with Gasteiger partial charge >= 0.3 is 0 Å². The van der Waals surface area contributed by atoms with Crippen molar-refractivity contribution in [2.45, 2.75) is 26.2 Å². The number of aromatic nitrogens is 3. The van der Waals surface area contributed by atoms with E-state index < -0.39 is 0 Å². The van der Waals surface area contributed by atoms with Crippen LogP contribution in [0.25, 0.3) is 0 Å². The van der Waals surface area contributed by atoms with Gasteiger partial charge in [-0.15, -0.1) is 0 Å². The molecule has 6 nitrogen and oxygen atoms in total. The molecule has 6 heteroatoms. The van der Waals surface area contributed by atoms with Gasteiger partial charge in [0.2, 0.25) is 0 Å². The number of H-pyrrole nitrogens is 1. The number of amides is 1. The lowest BCUT2D eigenvalue weighted by molar-refractivity contribution is 0.0950. The summed E-state index contributed by atoms with van der Waals surface area (Å²) in [5.74, 6) is -0.350. The van der Waals surface area contributed by atoms with E-state index in [4.69, 9.17) is 0 Å². The number of carbonyl (C=O) groups excluding carboxylic acids is 1. The normalized spacial score (nSPS) is 11.8. The van der Waals surface area contributed by atoms with Gasteiger partial charge in [-0.2, -0.15) is 10.2 Å². The highest BCUT2D eigenvalue weighted by atomic mass is 16.2. The van der Waals surface area contributed by atoms with Crippen LogP contribution in [-0.4, -0.2) is 27.3 Å². The summed E-state index contributed by atoms with van der Waals surface area (Å²) in [4.78, 5) is 15.8. The molecule has 0 aliphatic carbocycles. The smallest absolute Gasteiger partial charge is 0.281 e. The van der Waals surface area contributed by atoms with Crippen LogP contribution in [0.2, 0.25) is 0 Å². The third kappa shape index (κ3) is 3.50. The maximum atomic E-state index is 11.9. The van der Waals surface area contributed by atoms with Crippen LogP contribution >= 0.6 is 0 Å². The molecule has 2 rings (SSSR count). The van der Waals surface area contributed by atoms with Gasteiger partial charge in [-0.3, -0.25) is 14.9 Å². The Morgan fingerprint density at radius 2 is 2.25 bits per heavy atom. The van der Waals surface area contributed by atoms with E-state index in [2.05, 4.69) is 25.7 Å². The molecule has 2 aromatic rings. The zero-order valence-corrected chi connectivity index (χ0v) is 11.7. The van der Waals surface area contributed by atoms with Gasteiger partial charge in [0.1, 0.15) is 0 Å². The van der Waals surface area contributed by atoms with E-state index in [1.807, 2.05) is 26.8 Å². The van der Waals surface area contributed by atoms with Gasteiger partial charge in [0.05, 0.1) is 6.21 Å². The van der Waals surface area contributed by atoms with Gasteiger partial charge in [0, 0.05) is 29.1 Å². The van der Waals surface area contributed by atoms with Gasteiger partial charge in [-0.25, -0.2) is 5.43 Å². The second-order valence-corrected chi connectivity index (χ2v) is 5.40. The van der Waals surface area contributed by atoms with E-state index in [1.165, 1.54) is 6.21 Å². The van der Waals surface area contributed by atoms with Gasteiger partial charge in [0.25, 0.3) is 5.91 Å². The Balaban J connectivity index is 1.99. The molecule has 0 aliphatic rings. The molecule has 104 valence electrons. The number of hydrogen-bond acceptors (Lipinski definition) is 4. The van der Waals surface area contributed by atoms with Crippen LogP contribution in [0.3, 0.4) is 0 Å². The number of carbonyl (C=O) groups is 1. The quantitative estimate of drug-likeness (QED) is 0.660. The third-order valence-corrected chi connectivity index (χ3v) is 2.68. The number of hydrazone groups is 1. The maximum Gasteiger partial charge on any atom is 0.291 e. The molecule has 0 fully saturated rings. The molecule has 0 bridgehead atoms. The molecule has 2 heterocycles. The maximum absolute atomic E-state index is 11.9. The minimum absolute atomic E-state index is 0.0789. The van der Waals surface area contributed by atoms with E-state index in [0.717, 1.165) is 11.3 Å². The van der Waals surface area contributed by atoms with Crippen LogP contribution in [0.1, 0.15) is 42.5 Å². The monoisotopic (exact) mass is 271 g/mol. The summed E-state index contributed by atoms with van der Waals surface area (Å²) in [5, 5.41) is 10.7. The van der Waals surface area contributed by atoms with Crippen LogP contribution in [-0.2, 0) is 5.41 Å². The van der Waals surface area contributed by atoms with Crippen molar-refractivity contribution in [2.24, 2.45) is 5.10 Å². The van der Waals surface area contributed by atoms with Crippen molar-refractivity contribution in [3.8, 4) is 0 Å². The van der Waals surface area contributed by atoms with Crippen molar-refractivity contribution in [3.63, 3.8) is 0 Å². The Hall–Kier alpha value is -2.50. The van der Waals surface area contributed by atoms with Crippen LogP contribution in [0.15, 0.2) is 35.7 Å². The molecule has 0 aliphatic heterocycles. The fraction of sp³-hybridized carbons (Fsp3) is 0.286. The highest BCUT2D eigenvalue weighted by Crippen LogP contribution is 2.20. The second kappa shape index (κ2) is 5.64. The number of aromatic amines is 1. The molecule has 2 N–H and O–H groups in total. The summed E-state index contributed by atoms with van der Waals surface area (Å²) in [6.07, 6.45) is 4.86. The SMILES string of the molecule is CC(C)(C)c1cc(C(=O)N/N=C\c2cccnc2)n[nH]1. The Bertz CT molecular complexity index is 610. The Morgan fingerprint density at radius 3 is 2.85 bits per heavy atom. The minimum atomic E-state index is -0.350. The Morgan fingerprint density at radius 1 is 1.45 bits per heavy atom. The van der Waals surface area contributed by atoms with Crippen LogP contribution in [0, 0.1) is 0 Å². The predicted octanol–water partition coefficient (Wildman–Crippen LogP) is 1.87. The number of hydrogen-bond donors (Lipinski definition) is 2. The molecule has 0 saturated heterocycles. The fourth-order valence-corrected chi connectivity index (χ4v) is 1.50. The fourth-order valence-electron chi connectivity index (χ4n) is 1.50. The van der Waals surface area contributed by atoms with Gasteiger partial charge in [-0.05, 0) is 12.1 Å². The topological polar surface area (TPSA) is 83.0 Å². The van der Waals surface area contributed by atoms with Gasteiger partial charge < -0.3 is 0 Å². The lowest BCUT2D eigenvalue weighted by atomic mass is 9.92. The molecule has 0 saturated carbocycles. The zero-order valence-electron chi connectivity index (χ0n) is 11.7. The first-order valence-electron chi connectivity index (χ1n) is 6.26. The molecular formula is C14H17N5O. The molecule has 0 radical (unpaired) electrons. The highest BCUT2D eigenvalue weighted by molar-refractivity contribution is 5.93.